The zero-order chi connectivity index (χ0) is 9.36. The van der Waals surface area contributed by atoms with Crippen LogP contribution < -0.4 is 5.32 Å². The quantitative estimate of drug-likeness (QED) is 0.552. The number of rotatable bonds is 7. The molecule has 0 saturated carbocycles. The molecule has 0 aromatic heterocycles. The number of hydrogen-bond acceptors (Lipinski definition) is 2. The van der Waals surface area contributed by atoms with Gasteiger partial charge in [-0.05, 0) is 31.7 Å². The van der Waals surface area contributed by atoms with Gasteiger partial charge < -0.3 is 10.1 Å². The minimum absolute atomic E-state index is 0.774. The first kappa shape index (κ1) is 11.5. The standard InChI is InChI=1S/C10H20BrNO/c11-5-2-1-3-6-12-8-10-4-7-13-9-10/h10,12H,1-9H2. The van der Waals surface area contributed by atoms with Gasteiger partial charge in [0, 0.05) is 18.5 Å². The summed E-state index contributed by atoms with van der Waals surface area (Å²) in [6.45, 7) is 4.25. The smallest absolute Gasteiger partial charge is 0.0507 e. The third kappa shape index (κ3) is 5.66. The Morgan fingerprint density at radius 3 is 2.92 bits per heavy atom. The molecule has 1 saturated heterocycles. The molecule has 78 valence electrons. The second-order valence-corrected chi connectivity index (χ2v) is 4.48. The first-order valence-corrected chi connectivity index (χ1v) is 6.40. The lowest BCUT2D eigenvalue weighted by Gasteiger charge is -2.08. The maximum Gasteiger partial charge on any atom is 0.0507 e. The van der Waals surface area contributed by atoms with Crippen LogP contribution in [0.2, 0.25) is 0 Å². The van der Waals surface area contributed by atoms with Crippen LogP contribution >= 0.6 is 15.9 Å². The van der Waals surface area contributed by atoms with Gasteiger partial charge in [-0.15, -0.1) is 0 Å². The number of unbranched alkanes of at least 4 members (excludes halogenated alkanes) is 2. The molecule has 0 aromatic rings. The molecule has 0 aliphatic carbocycles. The largest absolute Gasteiger partial charge is 0.381 e. The van der Waals surface area contributed by atoms with Crippen molar-refractivity contribution in [1.82, 2.24) is 5.32 Å². The topological polar surface area (TPSA) is 21.3 Å². The third-order valence-electron chi connectivity index (χ3n) is 2.44. The summed E-state index contributed by atoms with van der Waals surface area (Å²) in [5.74, 6) is 0.774. The van der Waals surface area contributed by atoms with Gasteiger partial charge in [-0.1, -0.05) is 22.4 Å². The lowest BCUT2D eigenvalue weighted by atomic mass is 10.1. The van der Waals surface area contributed by atoms with Gasteiger partial charge in [0.05, 0.1) is 6.61 Å². The van der Waals surface area contributed by atoms with Crippen molar-refractivity contribution in [3.63, 3.8) is 0 Å². The van der Waals surface area contributed by atoms with Crippen molar-refractivity contribution in [1.29, 1.82) is 0 Å². The van der Waals surface area contributed by atoms with Gasteiger partial charge in [-0.3, -0.25) is 0 Å². The number of ether oxygens (including phenoxy) is 1. The van der Waals surface area contributed by atoms with E-state index in [0.29, 0.717) is 0 Å². The average Bonchev–Trinajstić information content (AvgIpc) is 2.63. The lowest BCUT2D eigenvalue weighted by molar-refractivity contribution is 0.185. The maximum absolute atomic E-state index is 5.31. The number of nitrogens with one attached hydrogen (secondary N) is 1. The predicted octanol–water partition coefficient (Wildman–Crippen LogP) is 2.18. The Morgan fingerprint density at radius 2 is 2.23 bits per heavy atom. The molecule has 0 spiro atoms. The average molecular weight is 250 g/mol. The van der Waals surface area contributed by atoms with E-state index in [4.69, 9.17) is 4.74 Å². The molecule has 1 N–H and O–H groups in total. The minimum Gasteiger partial charge on any atom is -0.381 e. The molecule has 1 atom stereocenters. The highest BCUT2D eigenvalue weighted by atomic mass is 79.9. The van der Waals surface area contributed by atoms with E-state index in [0.717, 1.165) is 31.0 Å². The van der Waals surface area contributed by atoms with Crippen LogP contribution in [0.5, 0.6) is 0 Å². The van der Waals surface area contributed by atoms with E-state index >= 15 is 0 Å². The van der Waals surface area contributed by atoms with Crippen LogP contribution in [0.3, 0.4) is 0 Å². The summed E-state index contributed by atoms with van der Waals surface area (Å²) in [5, 5.41) is 4.63. The molecule has 1 heterocycles. The fourth-order valence-corrected chi connectivity index (χ4v) is 1.97. The highest BCUT2D eigenvalue weighted by Crippen LogP contribution is 2.10. The maximum atomic E-state index is 5.31. The van der Waals surface area contributed by atoms with Crippen LogP contribution in [0.25, 0.3) is 0 Å². The molecule has 13 heavy (non-hydrogen) atoms. The first-order chi connectivity index (χ1) is 6.43. The minimum atomic E-state index is 0.774. The predicted molar refractivity (Wildman–Crippen MR) is 59.4 cm³/mol. The summed E-state index contributed by atoms with van der Waals surface area (Å²) in [6, 6.07) is 0. The SMILES string of the molecule is BrCCCCCNCC1CCOC1. The van der Waals surface area contributed by atoms with Gasteiger partial charge in [0.2, 0.25) is 0 Å². The Kier molecular flexibility index (Phi) is 6.86. The van der Waals surface area contributed by atoms with E-state index in [9.17, 15) is 0 Å². The Morgan fingerprint density at radius 1 is 1.31 bits per heavy atom. The first-order valence-electron chi connectivity index (χ1n) is 5.28. The Bertz CT molecular complexity index is 115. The molecular formula is C10H20BrNO. The van der Waals surface area contributed by atoms with Gasteiger partial charge in [-0.2, -0.15) is 0 Å². The summed E-state index contributed by atoms with van der Waals surface area (Å²) in [6.07, 6.45) is 5.18. The summed E-state index contributed by atoms with van der Waals surface area (Å²) in [7, 11) is 0. The van der Waals surface area contributed by atoms with E-state index in [2.05, 4.69) is 21.2 Å². The van der Waals surface area contributed by atoms with Gasteiger partial charge in [0.15, 0.2) is 0 Å². The van der Waals surface area contributed by atoms with Gasteiger partial charge >= 0.3 is 0 Å². The fourth-order valence-electron chi connectivity index (χ4n) is 1.57. The molecule has 1 rings (SSSR count). The van der Waals surface area contributed by atoms with Crippen molar-refractivity contribution >= 4 is 15.9 Å². The Labute approximate surface area is 89.5 Å². The van der Waals surface area contributed by atoms with Gasteiger partial charge in [0.25, 0.3) is 0 Å². The van der Waals surface area contributed by atoms with Crippen LogP contribution in [0, 0.1) is 5.92 Å². The van der Waals surface area contributed by atoms with Crippen molar-refractivity contribution in [3.8, 4) is 0 Å². The van der Waals surface area contributed by atoms with Crippen LogP contribution in [0.1, 0.15) is 25.7 Å². The molecule has 1 aliphatic rings. The summed E-state index contributed by atoms with van der Waals surface area (Å²) in [5.41, 5.74) is 0. The zero-order valence-electron chi connectivity index (χ0n) is 8.23. The number of alkyl halides is 1. The molecule has 2 nitrogen and oxygen atoms in total. The lowest BCUT2D eigenvalue weighted by Crippen LogP contribution is -2.23. The van der Waals surface area contributed by atoms with Crippen LogP contribution in [-0.4, -0.2) is 31.6 Å². The molecule has 0 aromatic carbocycles. The molecule has 0 amide bonds. The summed E-state index contributed by atoms with van der Waals surface area (Å²) < 4.78 is 5.31. The second-order valence-electron chi connectivity index (χ2n) is 3.68. The highest BCUT2D eigenvalue weighted by molar-refractivity contribution is 9.09. The molecule has 3 heteroatoms. The van der Waals surface area contributed by atoms with Crippen molar-refractivity contribution in [2.75, 3.05) is 31.6 Å². The van der Waals surface area contributed by atoms with Gasteiger partial charge in [0.1, 0.15) is 0 Å². The van der Waals surface area contributed by atoms with Crippen LogP contribution in [0.15, 0.2) is 0 Å². The molecule has 1 fully saturated rings. The Balaban J connectivity index is 1.78. The zero-order valence-corrected chi connectivity index (χ0v) is 9.81. The van der Waals surface area contributed by atoms with Crippen molar-refractivity contribution < 1.29 is 4.74 Å². The van der Waals surface area contributed by atoms with E-state index in [1.165, 1.54) is 32.2 Å². The summed E-state index contributed by atoms with van der Waals surface area (Å²) >= 11 is 3.44. The Hall–Kier alpha value is 0.400. The summed E-state index contributed by atoms with van der Waals surface area (Å²) in [4.78, 5) is 0. The van der Waals surface area contributed by atoms with Crippen molar-refractivity contribution in [2.45, 2.75) is 25.7 Å². The fraction of sp³-hybridized carbons (Fsp3) is 1.00. The molecule has 0 radical (unpaired) electrons. The monoisotopic (exact) mass is 249 g/mol. The highest BCUT2D eigenvalue weighted by Gasteiger charge is 2.14. The molecule has 1 aliphatic heterocycles. The van der Waals surface area contributed by atoms with E-state index in [1.807, 2.05) is 0 Å². The second kappa shape index (κ2) is 7.77. The number of hydrogen-bond donors (Lipinski definition) is 1. The van der Waals surface area contributed by atoms with Gasteiger partial charge in [-0.25, -0.2) is 0 Å². The van der Waals surface area contributed by atoms with Crippen molar-refractivity contribution in [2.24, 2.45) is 5.92 Å². The third-order valence-corrected chi connectivity index (χ3v) is 3.00. The van der Waals surface area contributed by atoms with Crippen LogP contribution in [-0.2, 0) is 4.74 Å². The molecule has 1 unspecified atom stereocenters. The van der Waals surface area contributed by atoms with E-state index in [1.54, 1.807) is 0 Å². The van der Waals surface area contributed by atoms with E-state index in [-0.39, 0.29) is 0 Å². The van der Waals surface area contributed by atoms with Crippen molar-refractivity contribution in [3.05, 3.63) is 0 Å². The normalized spacial score (nSPS) is 22.4. The van der Waals surface area contributed by atoms with Crippen LogP contribution in [0.4, 0.5) is 0 Å². The molecular weight excluding hydrogens is 230 g/mol. The molecule has 0 bridgehead atoms. The van der Waals surface area contributed by atoms with E-state index < -0.39 is 0 Å². The number of halogens is 1.